The summed E-state index contributed by atoms with van der Waals surface area (Å²) < 4.78 is 14.9. The van der Waals surface area contributed by atoms with Crippen molar-refractivity contribution in [1.29, 1.82) is 0 Å². The third-order valence-electron chi connectivity index (χ3n) is 4.59. The van der Waals surface area contributed by atoms with E-state index in [0.29, 0.717) is 22.9 Å². The maximum absolute atomic E-state index is 13.4. The normalized spacial score (nSPS) is 17.7. The van der Waals surface area contributed by atoms with Gasteiger partial charge in [0.25, 0.3) is 5.56 Å². The lowest BCUT2D eigenvalue weighted by Crippen LogP contribution is -2.49. The first-order chi connectivity index (χ1) is 12.5. The molecule has 1 aliphatic heterocycles. The Bertz CT molecular complexity index is 1040. The van der Waals surface area contributed by atoms with E-state index >= 15 is 0 Å². The minimum Gasteiger partial charge on any atom is -0.368 e. The molecule has 5 nitrogen and oxygen atoms in total. The van der Waals surface area contributed by atoms with Crippen LogP contribution in [0.2, 0.25) is 5.02 Å². The monoisotopic (exact) mass is 372 g/mol. The molecule has 3 heterocycles. The zero-order chi connectivity index (χ0) is 18.3. The SMILES string of the molecule is C[C@H]1CN(c2ccc3nc(-c4ccc(F)c(Cl)c4)cc(=O)n3c2)CCN1. The minimum atomic E-state index is -0.497. The zero-order valence-electron chi connectivity index (χ0n) is 14.2. The first-order valence-electron chi connectivity index (χ1n) is 8.48. The Labute approximate surface area is 155 Å². The summed E-state index contributed by atoms with van der Waals surface area (Å²) in [5.41, 5.74) is 2.43. The highest BCUT2D eigenvalue weighted by molar-refractivity contribution is 6.31. The molecule has 1 atom stereocenters. The van der Waals surface area contributed by atoms with E-state index in [4.69, 9.17) is 11.6 Å². The number of anilines is 1. The number of nitrogens with one attached hydrogen (secondary N) is 1. The Morgan fingerprint density at radius 2 is 2.12 bits per heavy atom. The summed E-state index contributed by atoms with van der Waals surface area (Å²) in [7, 11) is 0. The van der Waals surface area contributed by atoms with Gasteiger partial charge >= 0.3 is 0 Å². The van der Waals surface area contributed by atoms with Gasteiger partial charge in [-0.05, 0) is 37.3 Å². The predicted molar refractivity (Wildman–Crippen MR) is 102 cm³/mol. The number of pyridine rings is 1. The van der Waals surface area contributed by atoms with Gasteiger partial charge in [0.2, 0.25) is 0 Å². The van der Waals surface area contributed by atoms with E-state index in [-0.39, 0.29) is 10.6 Å². The fourth-order valence-electron chi connectivity index (χ4n) is 3.25. The minimum absolute atomic E-state index is 0.00711. The van der Waals surface area contributed by atoms with Crippen molar-refractivity contribution >= 4 is 22.9 Å². The Morgan fingerprint density at radius 1 is 1.27 bits per heavy atom. The zero-order valence-corrected chi connectivity index (χ0v) is 15.0. The third-order valence-corrected chi connectivity index (χ3v) is 4.88. The molecule has 3 aromatic rings. The number of piperazine rings is 1. The largest absolute Gasteiger partial charge is 0.368 e. The number of halogens is 2. The number of rotatable bonds is 2. The Morgan fingerprint density at radius 3 is 2.88 bits per heavy atom. The highest BCUT2D eigenvalue weighted by Crippen LogP contribution is 2.24. The van der Waals surface area contributed by atoms with Gasteiger partial charge in [0.1, 0.15) is 11.5 Å². The molecule has 4 rings (SSSR count). The second kappa shape index (κ2) is 6.70. The lowest BCUT2D eigenvalue weighted by atomic mass is 10.1. The van der Waals surface area contributed by atoms with Crippen LogP contribution in [0.15, 0.2) is 47.4 Å². The van der Waals surface area contributed by atoms with Gasteiger partial charge in [-0.15, -0.1) is 0 Å². The van der Waals surface area contributed by atoms with Crippen molar-refractivity contribution < 1.29 is 4.39 Å². The molecule has 1 aliphatic rings. The first kappa shape index (κ1) is 17.0. The molecule has 0 spiro atoms. The lowest BCUT2D eigenvalue weighted by molar-refractivity contribution is 0.484. The van der Waals surface area contributed by atoms with Crippen LogP contribution in [0.3, 0.4) is 0 Å². The predicted octanol–water partition coefficient (Wildman–Crippen LogP) is 2.95. The molecule has 1 saturated heterocycles. The van der Waals surface area contributed by atoms with Gasteiger partial charge in [-0.3, -0.25) is 9.20 Å². The summed E-state index contributed by atoms with van der Waals surface area (Å²) in [6.45, 7) is 4.84. The molecule has 0 radical (unpaired) electrons. The quantitative estimate of drug-likeness (QED) is 0.751. The molecule has 7 heteroatoms. The van der Waals surface area contributed by atoms with Crippen LogP contribution < -0.4 is 15.8 Å². The average molecular weight is 373 g/mol. The van der Waals surface area contributed by atoms with Crippen molar-refractivity contribution in [3.05, 3.63) is 63.8 Å². The van der Waals surface area contributed by atoms with Crippen LogP contribution in [-0.4, -0.2) is 35.1 Å². The average Bonchev–Trinajstić information content (AvgIpc) is 2.63. The second-order valence-corrected chi connectivity index (χ2v) is 6.93. The molecular formula is C19H18ClFN4O. The number of hydrogen-bond acceptors (Lipinski definition) is 4. The van der Waals surface area contributed by atoms with Gasteiger partial charge in [0, 0.05) is 43.5 Å². The van der Waals surface area contributed by atoms with Crippen molar-refractivity contribution in [1.82, 2.24) is 14.7 Å². The molecule has 0 amide bonds. The van der Waals surface area contributed by atoms with Crippen LogP contribution in [-0.2, 0) is 0 Å². The van der Waals surface area contributed by atoms with Crippen molar-refractivity contribution in [3.63, 3.8) is 0 Å². The van der Waals surface area contributed by atoms with E-state index in [0.717, 1.165) is 25.3 Å². The number of fused-ring (bicyclic) bond motifs is 1. The van der Waals surface area contributed by atoms with Crippen LogP contribution in [0.5, 0.6) is 0 Å². The van der Waals surface area contributed by atoms with Gasteiger partial charge in [0.15, 0.2) is 0 Å². The topological polar surface area (TPSA) is 49.6 Å². The van der Waals surface area contributed by atoms with Gasteiger partial charge in [0.05, 0.1) is 16.4 Å². The van der Waals surface area contributed by atoms with E-state index in [1.807, 2.05) is 18.3 Å². The Kier molecular flexibility index (Phi) is 4.38. The van der Waals surface area contributed by atoms with Gasteiger partial charge in [-0.2, -0.15) is 0 Å². The standard InChI is InChI=1S/C19H18ClFN4O/c1-12-10-24(7-6-22-12)14-3-5-18-23-17(9-19(26)25(18)11-14)13-2-4-16(21)15(20)8-13/h2-5,8-9,11-12,22H,6-7,10H2,1H3/t12-/m0/s1. The van der Waals surface area contributed by atoms with Crippen LogP contribution in [0.1, 0.15) is 6.92 Å². The summed E-state index contributed by atoms with van der Waals surface area (Å²) in [6.07, 6.45) is 1.82. The first-order valence-corrected chi connectivity index (χ1v) is 8.86. The Hall–Kier alpha value is -2.44. The van der Waals surface area contributed by atoms with Crippen LogP contribution >= 0.6 is 11.6 Å². The van der Waals surface area contributed by atoms with Crippen LogP contribution in [0, 0.1) is 5.82 Å². The molecule has 1 N–H and O–H groups in total. The molecule has 1 fully saturated rings. The van der Waals surface area contributed by atoms with E-state index in [9.17, 15) is 9.18 Å². The molecular weight excluding hydrogens is 355 g/mol. The van der Waals surface area contributed by atoms with Crippen molar-refractivity contribution in [2.45, 2.75) is 13.0 Å². The van der Waals surface area contributed by atoms with E-state index < -0.39 is 5.82 Å². The smallest absolute Gasteiger partial charge is 0.258 e. The van der Waals surface area contributed by atoms with Crippen LogP contribution in [0.4, 0.5) is 10.1 Å². The van der Waals surface area contributed by atoms with Crippen molar-refractivity contribution in [2.75, 3.05) is 24.5 Å². The third kappa shape index (κ3) is 3.18. The summed E-state index contributed by atoms with van der Waals surface area (Å²) in [6, 6.07) is 9.97. The summed E-state index contributed by atoms with van der Waals surface area (Å²) in [4.78, 5) is 19.4. The van der Waals surface area contributed by atoms with Crippen LogP contribution in [0.25, 0.3) is 16.9 Å². The molecule has 134 valence electrons. The Balaban J connectivity index is 1.75. The van der Waals surface area contributed by atoms with E-state index in [1.54, 1.807) is 6.07 Å². The second-order valence-electron chi connectivity index (χ2n) is 6.53. The molecule has 0 bridgehead atoms. The summed E-state index contributed by atoms with van der Waals surface area (Å²) in [5.74, 6) is -0.497. The maximum Gasteiger partial charge on any atom is 0.258 e. The number of aromatic nitrogens is 2. The highest BCUT2D eigenvalue weighted by atomic mass is 35.5. The number of benzene rings is 1. The molecule has 0 saturated carbocycles. The number of hydrogen-bond donors (Lipinski definition) is 1. The maximum atomic E-state index is 13.4. The van der Waals surface area contributed by atoms with E-state index in [1.165, 1.54) is 22.6 Å². The van der Waals surface area contributed by atoms with E-state index in [2.05, 4.69) is 22.1 Å². The lowest BCUT2D eigenvalue weighted by Gasteiger charge is -2.33. The summed E-state index contributed by atoms with van der Waals surface area (Å²) >= 11 is 5.84. The van der Waals surface area contributed by atoms with Gasteiger partial charge in [-0.25, -0.2) is 9.37 Å². The fraction of sp³-hybridized carbons (Fsp3) is 0.263. The molecule has 26 heavy (non-hydrogen) atoms. The molecule has 0 unspecified atom stereocenters. The number of nitrogens with zero attached hydrogens (tertiary/aromatic N) is 3. The fourth-order valence-corrected chi connectivity index (χ4v) is 3.43. The van der Waals surface area contributed by atoms with Crippen molar-refractivity contribution in [2.24, 2.45) is 0 Å². The summed E-state index contributed by atoms with van der Waals surface area (Å²) in [5, 5.41) is 3.41. The van der Waals surface area contributed by atoms with Gasteiger partial charge in [-0.1, -0.05) is 11.6 Å². The van der Waals surface area contributed by atoms with Crippen molar-refractivity contribution in [3.8, 4) is 11.3 Å². The molecule has 1 aromatic carbocycles. The molecule has 0 aliphatic carbocycles. The van der Waals surface area contributed by atoms with Gasteiger partial charge < -0.3 is 10.2 Å². The highest BCUT2D eigenvalue weighted by Gasteiger charge is 2.17. The molecule has 2 aromatic heterocycles.